The minimum absolute atomic E-state index is 0.157. The van der Waals surface area contributed by atoms with E-state index in [4.69, 9.17) is 0 Å². The number of nitrogens with zero attached hydrogens (tertiary/aromatic N) is 1. The van der Waals surface area contributed by atoms with Crippen LogP contribution in [0.15, 0.2) is 18.2 Å². The van der Waals surface area contributed by atoms with E-state index in [1.54, 1.807) is 18.0 Å². The molecule has 1 aromatic rings. The maximum Gasteiger partial charge on any atom is 0.242 e. The fourth-order valence-corrected chi connectivity index (χ4v) is 2.23. The van der Waals surface area contributed by atoms with Crippen LogP contribution < -0.4 is 9.62 Å². The zero-order valence-electron chi connectivity index (χ0n) is 10.4. The quantitative estimate of drug-likeness (QED) is 0.840. The van der Waals surface area contributed by atoms with E-state index in [0.29, 0.717) is 5.69 Å². The van der Waals surface area contributed by atoms with Crippen molar-refractivity contribution in [2.75, 3.05) is 21.3 Å². The van der Waals surface area contributed by atoms with Gasteiger partial charge in [-0.1, -0.05) is 15.9 Å². The van der Waals surface area contributed by atoms with Gasteiger partial charge in [0.2, 0.25) is 10.0 Å². The number of nitrogens with one attached hydrogen (secondary N) is 1. The second kappa shape index (κ2) is 5.88. The van der Waals surface area contributed by atoms with Crippen molar-refractivity contribution in [2.24, 2.45) is 0 Å². The molecule has 4 nitrogen and oxygen atoms in total. The average Bonchev–Trinajstić information content (AvgIpc) is 2.28. The van der Waals surface area contributed by atoms with Crippen molar-refractivity contribution >= 4 is 37.3 Å². The smallest absolute Gasteiger partial charge is 0.242 e. The van der Waals surface area contributed by atoms with E-state index in [2.05, 4.69) is 20.7 Å². The predicted octanol–water partition coefficient (Wildman–Crippen LogP) is 2.76. The Labute approximate surface area is 115 Å². The maximum absolute atomic E-state index is 13.9. The molecule has 0 aromatic heterocycles. The molecule has 102 valence electrons. The van der Waals surface area contributed by atoms with Crippen molar-refractivity contribution in [3.63, 3.8) is 0 Å². The summed E-state index contributed by atoms with van der Waals surface area (Å²) in [6.07, 6.45) is 0. The van der Waals surface area contributed by atoms with E-state index in [0.717, 1.165) is 0 Å². The summed E-state index contributed by atoms with van der Waals surface area (Å²) >= 11 is 2.85. The number of alkyl halides is 1. The Kier molecular flexibility index (Phi) is 4.98. The molecule has 0 spiro atoms. The Morgan fingerprint density at radius 1 is 1.44 bits per heavy atom. The molecule has 0 aliphatic heterocycles. The Balaban J connectivity index is 3.00. The van der Waals surface area contributed by atoms with E-state index in [-0.39, 0.29) is 16.4 Å². The van der Waals surface area contributed by atoms with Gasteiger partial charge in [-0.15, -0.1) is 0 Å². The number of hydrogen-bond acceptors (Lipinski definition) is 3. The molecule has 0 heterocycles. The van der Waals surface area contributed by atoms with Gasteiger partial charge in [0.1, 0.15) is 10.5 Å². The Morgan fingerprint density at radius 3 is 2.50 bits per heavy atom. The molecular weight excluding hydrogens is 323 g/mol. The summed E-state index contributed by atoms with van der Waals surface area (Å²) < 4.78 is 38.5. The van der Waals surface area contributed by atoms with Gasteiger partial charge in [-0.05, 0) is 26.0 Å². The highest BCUT2D eigenvalue weighted by atomic mass is 79.9. The Bertz CT molecular complexity index is 520. The highest BCUT2D eigenvalue weighted by Crippen LogP contribution is 2.24. The van der Waals surface area contributed by atoms with Crippen LogP contribution in [0.4, 0.5) is 15.8 Å². The summed E-state index contributed by atoms with van der Waals surface area (Å²) in [6.45, 7) is 3.89. The predicted molar refractivity (Wildman–Crippen MR) is 76.3 cm³/mol. The molecule has 1 N–H and O–H groups in total. The molecule has 0 saturated heterocycles. The van der Waals surface area contributed by atoms with E-state index in [1.165, 1.54) is 12.1 Å². The summed E-state index contributed by atoms with van der Waals surface area (Å²) in [5.41, 5.74) is 0.652. The number of hydrogen-bond donors (Lipinski definition) is 1. The molecule has 0 fully saturated rings. The third-order valence-corrected chi connectivity index (χ3v) is 5.16. The maximum atomic E-state index is 13.9. The largest absolute Gasteiger partial charge is 0.370 e. The SMILES string of the molecule is CC(C)N(C)c1ccc(NS(=O)(=O)CBr)cc1F. The van der Waals surface area contributed by atoms with E-state index in [9.17, 15) is 12.8 Å². The van der Waals surface area contributed by atoms with Crippen LogP contribution in [0.3, 0.4) is 0 Å². The summed E-state index contributed by atoms with van der Waals surface area (Å²) in [5, 5.41) is 0. The van der Waals surface area contributed by atoms with Crippen LogP contribution in [0.1, 0.15) is 13.8 Å². The zero-order chi connectivity index (χ0) is 13.9. The lowest BCUT2D eigenvalue weighted by molar-refractivity contribution is 0.605. The topological polar surface area (TPSA) is 49.4 Å². The third kappa shape index (κ3) is 3.84. The molecule has 0 radical (unpaired) electrons. The van der Waals surface area contributed by atoms with Crippen LogP contribution in [-0.4, -0.2) is 26.2 Å². The molecule has 0 unspecified atom stereocenters. The van der Waals surface area contributed by atoms with Crippen LogP contribution in [-0.2, 0) is 10.0 Å². The Hall–Kier alpha value is -0.820. The van der Waals surface area contributed by atoms with Crippen molar-refractivity contribution in [1.82, 2.24) is 0 Å². The van der Waals surface area contributed by atoms with Gasteiger partial charge in [0.15, 0.2) is 0 Å². The van der Waals surface area contributed by atoms with E-state index >= 15 is 0 Å². The van der Waals surface area contributed by atoms with Crippen molar-refractivity contribution in [2.45, 2.75) is 19.9 Å². The van der Waals surface area contributed by atoms with Gasteiger partial charge in [0, 0.05) is 19.2 Å². The molecule has 7 heteroatoms. The van der Waals surface area contributed by atoms with Crippen LogP contribution in [0, 0.1) is 5.82 Å². The first kappa shape index (κ1) is 15.2. The summed E-state index contributed by atoms with van der Waals surface area (Å²) in [6, 6.07) is 4.43. The van der Waals surface area contributed by atoms with Crippen molar-refractivity contribution < 1.29 is 12.8 Å². The summed E-state index contributed by atoms with van der Waals surface area (Å²) in [4.78, 5) is 1.78. The van der Waals surface area contributed by atoms with Crippen LogP contribution in [0.25, 0.3) is 0 Å². The monoisotopic (exact) mass is 338 g/mol. The first-order chi connectivity index (χ1) is 8.26. The number of anilines is 2. The van der Waals surface area contributed by atoms with Crippen LogP contribution in [0.5, 0.6) is 0 Å². The minimum atomic E-state index is -3.45. The van der Waals surface area contributed by atoms with Crippen LogP contribution in [0.2, 0.25) is 0 Å². The van der Waals surface area contributed by atoms with Gasteiger partial charge in [-0.3, -0.25) is 4.72 Å². The standard InChI is InChI=1S/C11H16BrFN2O2S/c1-8(2)15(3)11-5-4-9(6-10(11)13)14-18(16,17)7-12/h4-6,8,14H,7H2,1-3H3. The summed E-state index contributed by atoms with van der Waals surface area (Å²) in [7, 11) is -1.67. The lowest BCUT2D eigenvalue weighted by Crippen LogP contribution is -2.26. The normalized spacial score (nSPS) is 11.7. The second-order valence-electron chi connectivity index (χ2n) is 4.20. The van der Waals surface area contributed by atoms with Gasteiger partial charge in [-0.2, -0.15) is 0 Å². The van der Waals surface area contributed by atoms with Gasteiger partial charge in [-0.25, -0.2) is 12.8 Å². The average molecular weight is 339 g/mol. The third-order valence-electron chi connectivity index (χ3n) is 2.52. The summed E-state index contributed by atoms with van der Waals surface area (Å²) in [5.74, 6) is -0.457. The molecule has 18 heavy (non-hydrogen) atoms. The zero-order valence-corrected chi connectivity index (χ0v) is 12.8. The molecule has 0 atom stereocenters. The molecule has 0 saturated carbocycles. The lowest BCUT2D eigenvalue weighted by atomic mass is 10.2. The molecule has 0 aliphatic carbocycles. The molecule has 0 aliphatic rings. The van der Waals surface area contributed by atoms with Gasteiger partial charge in [0.05, 0.1) is 11.4 Å². The lowest BCUT2D eigenvalue weighted by Gasteiger charge is -2.24. The van der Waals surface area contributed by atoms with Crippen molar-refractivity contribution in [1.29, 1.82) is 0 Å². The van der Waals surface area contributed by atoms with Crippen molar-refractivity contribution in [3.8, 4) is 0 Å². The van der Waals surface area contributed by atoms with Crippen molar-refractivity contribution in [3.05, 3.63) is 24.0 Å². The first-order valence-electron chi connectivity index (χ1n) is 5.35. The molecule has 0 amide bonds. The highest BCUT2D eigenvalue weighted by Gasteiger charge is 2.13. The fourth-order valence-electron chi connectivity index (χ4n) is 1.34. The number of sulfonamides is 1. The minimum Gasteiger partial charge on any atom is -0.370 e. The van der Waals surface area contributed by atoms with Gasteiger partial charge in [0.25, 0.3) is 0 Å². The molecule has 1 aromatic carbocycles. The van der Waals surface area contributed by atoms with Gasteiger partial charge < -0.3 is 4.90 Å². The van der Waals surface area contributed by atoms with Gasteiger partial charge >= 0.3 is 0 Å². The van der Waals surface area contributed by atoms with E-state index in [1.807, 2.05) is 13.8 Å². The molecule has 0 bridgehead atoms. The first-order valence-corrected chi connectivity index (χ1v) is 8.13. The number of rotatable bonds is 5. The number of benzene rings is 1. The number of halogens is 2. The highest BCUT2D eigenvalue weighted by molar-refractivity contribution is 9.10. The van der Waals surface area contributed by atoms with E-state index < -0.39 is 15.8 Å². The Morgan fingerprint density at radius 2 is 2.06 bits per heavy atom. The second-order valence-corrected chi connectivity index (χ2v) is 7.22. The molecule has 1 rings (SSSR count). The fraction of sp³-hybridized carbons (Fsp3) is 0.455. The molecular formula is C11H16BrFN2O2S. The van der Waals surface area contributed by atoms with Crippen LogP contribution >= 0.6 is 15.9 Å².